The van der Waals surface area contributed by atoms with E-state index in [1.54, 1.807) is 0 Å². The highest BCUT2D eigenvalue weighted by Gasteiger charge is 2.47. The van der Waals surface area contributed by atoms with Crippen molar-refractivity contribution in [2.45, 2.75) is 39.8 Å². The molecule has 0 saturated carbocycles. The van der Waals surface area contributed by atoms with E-state index in [0.29, 0.717) is 36.7 Å². The number of alkyl halides is 2. The SMILES string of the molecule is C.C.CO[Si](O)(CCCCl)O[Si](O)(CCCCl)OC. The second-order valence-electron chi connectivity index (χ2n) is 3.52. The Kier molecular flexibility index (Phi) is 16.4. The van der Waals surface area contributed by atoms with E-state index in [0.717, 1.165) is 0 Å². The highest BCUT2D eigenvalue weighted by Crippen LogP contribution is 2.21. The summed E-state index contributed by atoms with van der Waals surface area (Å²) in [7, 11) is -4.08. The zero-order valence-electron chi connectivity index (χ0n) is 10.1. The van der Waals surface area contributed by atoms with E-state index in [-0.39, 0.29) is 14.9 Å². The average molecular weight is 355 g/mol. The Morgan fingerprint density at radius 2 is 1.16 bits per heavy atom. The predicted octanol–water partition coefficient (Wildman–Crippen LogP) is 2.69. The Morgan fingerprint density at radius 3 is 1.37 bits per heavy atom. The minimum atomic E-state index is -3.39. The lowest BCUT2D eigenvalue weighted by Gasteiger charge is -2.30. The Labute approximate surface area is 129 Å². The third kappa shape index (κ3) is 10.2. The van der Waals surface area contributed by atoms with Crippen molar-refractivity contribution in [3.8, 4) is 0 Å². The minimum Gasteiger partial charge on any atom is -0.390 e. The van der Waals surface area contributed by atoms with E-state index >= 15 is 0 Å². The molecule has 0 aliphatic carbocycles. The first-order valence-corrected chi connectivity index (χ1v) is 10.3. The van der Waals surface area contributed by atoms with Gasteiger partial charge in [-0.2, -0.15) is 0 Å². The van der Waals surface area contributed by atoms with Crippen LogP contribution in [0.25, 0.3) is 0 Å². The molecule has 120 valence electrons. The molecule has 19 heavy (non-hydrogen) atoms. The molecule has 5 nitrogen and oxygen atoms in total. The van der Waals surface area contributed by atoms with Crippen LogP contribution in [0.3, 0.4) is 0 Å². The van der Waals surface area contributed by atoms with E-state index in [9.17, 15) is 9.59 Å². The zero-order chi connectivity index (χ0) is 13.4. The molecule has 0 heterocycles. The molecule has 0 amide bonds. The molecule has 0 spiro atoms. The van der Waals surface area contributed by atoms with Crippen molar-refractivity contribution in [1.29, 1.82) is 0 Å². The fraction of sp³-hybridized carbons (Fsp3) is 1.00. The number of rotatable bonds is 10. The van der Waals surface area contributed by atoms with Gasteiger partial charge in [0.1, 0.15) is 0 Å². The van der Waals surface area contributed by atoms with Crippen LogP contribution < -0.4 is 0 Å². The highest BCUT2D eigenvalue weighted by atomic mass is 35.5. The molecule has 0 rings (SSSR count). The van der Waals surface area contributed by atoms with Crippen molar-refractivity contribution in [2.75, 3.05) is 26.0 Å². The van der Waals surface area contributed by atoms with Gasteiger partial charge in [-0.25, -0.2) is 0 Å². The van der Waals surface area contributed by atoms with Crippen molar-refractivity contribution >= 4 is 40.8 Å². The summed E-state index contributed by atoms with van der Waals surface area (Å²) in [4.78, 5) is 20.2. The zero-order valence-corrected chi connectivity index (χ0v) is 13.6. The van der Waals surface area contributed by atoms with Crippen LogP contribution in [0, 0.1) is 0 Å². The number of hydrogen-bond acceptors (Lipinski definition) is 5. The van der Waals surface area contributed by atoms with Gasteiger partial charge in [0, 0.05) is 38.1 Å². The molecular weight excluding hydrogens is 327 g/mol. The molecule has 0 aliphatic rings. The van der Waals surface area contributed by atoms with E-state index in [2.05, 4.69) is 0 Å². The summed E-state index contributed by atoms with van der Waals surface area (Å²) in [5.74, 6) is 0.799. The normalized spacial score (nSPS) is 16.7. The summed E-state index contributed by atoms with van der Waals surface area (Å²) >= 11 is 11.1. The molecule has 2 N–H and O–H groups in total. The average Bonchev–Trinajstić information content (AvgIpc) is 2.34. The van der Waals surface area contributed by atoms with Crippen LogP contribution in [0.2, 0.25) is 12.1 Å². The second kappa shape index (κ2) is 12.5. The molecule has 0 saturated heterocycles. The van der Waals surface area contributed by atoms with E-state index in [4.69, 9.17) is 36.2 Å². The quantitative estimate of drug-likeness (QED) is 0.466. The fourth-order valence-electron chi connectivity index (χ4n) is 1.22. The number of halogens is 2. The van der Waals surface area contributed by atoms with Gasteiger partial charge in [-0.3, -0.25) is 0 Å². The molecule has 2 unspecified atom stereocenters. The fourth-order valence-corrected chi connectivity index (χ4v) is 7.07. The monoisotopic (exact) mass is 354 g/mol. The second-order valence-corrected chi connectivity index (χ2v) is 9.76. The first-order chi connectivity index (χ1) is 7.95. The lowest BCUT2D eigenvalue weighted by atomic mass is 10.6. The van der Waals surface area contributed by atoms with Crippen LogP contribution in [-0.2, 0) is 13.0 Å². The maximum atomic E-state index is 10.1. The maximum absolute atomic E-state index is 10.1. The summed E-state index contributed by atoms with van der Waals surface area (Å²) in [5, 5.41) is 0. The molecular formula is C10H28Cl2O5Si2. The summed E-state index contributed by atoms with van der Waals surface area (Å²) < 4.78 is 15.3. The molecule has 0 fully saturated rings. The van der Waals surface area contributed by atoms with Gasteiger partial charge in [0.05, 0.1) is 0 Å². The molecule has 9 heteroatoms. The van der Waals surface area contributed by atoms with Crippen LogP contribution in [0.4, 0.5) is 0 Å². The Balaban J connectivity index is -0.00000128. The largest absolute Gasteiger partial charge is 0.490 e. The first kappa shape index (κ1) is 24.8. The summed E-state index contributed by atoms with van der Waals surface area (Å²) in [6, 6.07) is 0.596. The van der Waals surface area contributed by atoms with Crippen LogP contribution in [0.15, 0.2) is 0 Å². The lowest BCUT2D eigenvalue weighted by molar-refractivity contribution is 0.116. The van der Waals surface area contributed by atoms with E-state index in [1.165, 1.54) is 14.2 Å². The van der Waals surface area contributed by atoms with E-state index < -0.39 is 17.6 Å². The molecule has 0 aromatic heterocycles. The topological polar surface area (TPSA) is 68.2 Å². The van der Waals surface area contributed by atoms with Gasteiger partial charge < -0.3 is 22.6 Å². The third-order valence-electron chi connectivity index (χ3n) is 2.21. The van der Waals surface area contributed by atoms with Crippen molar-refractivity contribution in [3.63, 3.8) is 0 Å². The van der Waals surface area contributed by atoms with Crippen molar-refractivity contribution in [3.05, 3.63) is 0 Å². The molecule has 0 aromatic rings. The Bertz CT molecular complexity index is 196. The van der Waals surface area contributed by atoms with Crippen LogP contribution in [0.5, 0.6) is 0 Å². The Morgan fingerprint density at radius 1 is 0.842 bits per heavy atom. The van der Waals surface area contributed by atoms with Crippen LogP contribution in [0.1, 0.15) is 27.7 Å². The van der Waals surface area contributed by atoms with Crippen molar-refractivity contribution in [2.24, 2.45) is 0 Å². The molecule has 0 aliphatic heterocycles. The molecule has 0 radical (unpaired) electrons. The predicted molar refractivity (Wildman–Crippen MR) is 84.8 cm³/mol. The van der Waals surface area contributed by atoms with Crippen molar-refractivity contribution < 1.29 is 22.6 Å². The third-order valence-corrected chi connectivity index (χ3v) is 8.54. The van der Waals surface area contributed by atoms with Gasteiger partial charge in [-0.05, 0) is 12.8 Å². The van der Waals surface area contributed by atoms with Crippen LogP contribution >= 0.6 is 23.2 Å². The maximum Gasteiger partial charge on any atom is 0.490 e. The smallest absolute Gasteiger partial charge is 0.390 e. The van der Waals surface area contributed by atoms with Gasteiger partial charge in [-0.1, -0.05) is 14.9 Å². The standard InChI is InChI=1S/C8H20Cl2O5Si2.2CH4/c1-13-16(11,7-3-5-9)15-17(12,14-2)8-4-6-10;;/h11-12H,3-8H2,1-2H3;2*1H4. The first-order valence-electron chi connectivity index (χ1n) is 5.32. The summed E-state index contributed by atoms with van der Waals surface area (Å²) in [5.41, 5.74) is 0. The van der Waals surface area contributed by atoms with Gasteiger partial charge in [-0.15, -0.1) is 23.2 Å². The lowest BCUT2D eigenvalue weighted by Crippen LogP contribution is -2.55. The van der Waals surface area contributed by atoms with Gasteiger partial charge >= 0.3 is 17.6 Å². The van der Waals surface area contributed by atoms with Crippen LogP contribution in [-0.4, -0.2) is 53.2 Å². The van der Waals surface area contributed by atoms with Crippen molar-refractivity contribution in [1.82, 2.24) is 0 Å². The van der Waals surface area contributed by atoms with Gasteiger partial charge in [0.2, 0.25) is 0 Å². The summed E-state index contributed by atoms with van der Waals surface area (Å²) in [6.07, 6.45) is 1.11. The molecule has 2 atom stereocenters. The van der Waals surface area contributed by atoms with E-state index in [1.807, 2.05) is 0 Å². The Hall–Kier alpha value is 0.814. The molecule has 0 bridgehead atoms. The molecule has 0 aromatic carbocycles. The summed E-state index contributed by atoms with van der Waals surface area (Å²) in [6.45, 7) is 0. The van der Waals surface area contributed by atoms with Gasteiger partial charge in [0.25, 0.3) is 0 Å². The van der Waals surface area contributed by atoms with Gasteiger partial charge in [0.15, 0.2) is 0 Å². The highest BCUT2D eigenvalue weighted by molar-refractivity contribution is 6.73. The number of hydrogen-bond donors (Lipinski definition) is 2. The minimum absolute atomic E-state index is 0.